The van der Waals surface area contributed by atoms with Gasteiger partial charge in [-0.15, -0.1) is 0 Å². The van der Waals surface area contributed by atoms with E-state index in [1.807, 2.05) is 0 Å². The van der Waals surface area contributed by atoms with Crippen LogP contribution in [0.2, 0.25) is 0 Å². The summed E-state index contributed by atoms with van der Waals surface area (Å²) in [5, 5.41) is 14.4. The van der Waals surface area contributed by atoms with Crippen LogP contribution in [-0.2, 0) is 11.7 Å². The number of carbonyl (C=O) groups is 1. The van der Waals surface area contributed by atoms with Crippen LogP contribution in [0.5, 0.6) is 0 Å². The molecule has 22 heavy (non-hydrogen) atoms. The van der Waals surface area contributed by atoms with Crippen molar-refractivity contribution in [3.8, 4) is 0 Å². The maximum Gasteiger partial charge on any atom is 0.416 e. The molecule has 1 aromatic rings. The summed E-state index contributed by atoms with van der Waals surface area (Å²) in [6.45, 7) is 3.77. The van der Waals surface area contributed by atoms with E-state index >= 15 is 0 Å². The van der Waals surface area contributed by atoms with Gasteiger partial charge in [-0.25, -0.2) is 4.79 Å². The molecule has 1 fully saturated rings. The second-order valence-corrected chi connectivity index (χ2v) is 6.33. The van der Waals surface area contributed by atoms with Crippen LogP contribution in [0.3, 0.4) is 0 Å². The lowest BCUT2D eigenvalue weighted by Crippen LogP contribution is -2.51. The summed E-state index contributed by atoms with van der Waals surface area (Å²) >= 11 is 0. The molecule has 1 aromatic carbocycles. The molecule has 0 saturated heterocycles. The molecule has 2 rings (SSSR count). The number of carboxylic acid groups (broad SMARTS) is 1. The largest absolute Gasteiger partial charge is 0.465 e. The van der Waals surface area contributed by atoms with Gasteiger partial charge in [-0.1, -0.05) is 12.1 Å². The third-order valence-electron chi connectivity index (χ3n) is 3.81. The highest BCUT2D eigenvalue weighted by Gasteiger charge is 2.45. The van der Waals surface area contributed by atoms with Crippen LogP contribution in [0.1, 0.15) is 37.8 Å². The lowest BCUT2D eigenvalue weighted by Gasteiger charge is -2.29. The van der Waals surface area contributed by atoms with E-state index in [1.165, 1.54) is 6.07 Å². The smallest absolute Gasteiger partial charge is 0.416 e. The highest BCUT2D eigenvalue weighted by atomic mass is 19.4. The Morgan fingerprint density at radius 3 is 2.45 bits per heavy atom. The molecule has 0 atom stereocenters. The maximum atomic E-state index is 12.8. The number of nitrogens with one attached hydrogen (secondary N) is 2. The first-order valence-corrected chi connectivity index (χ1v) is 6.98. The summed E-state index contributed by atoms with van der Waals surface area (Å²) < 4.78 is 38.4. The van der Waals surface area contributed by atoms with E-state index in [1.54, 1.807) is 19.9 Å². The van der Waals surface area contributed by atoms with Crippen molar-refractivity contribution >= 4 is 6.09 Å². The highest BCUT2D eigenvalue weighted by Crippen LogP contribution is 2.46. The van der Waals surface area contributed by atoms with E-state index in [4.69, 9.17) is 5.11 Å². The maximum absolute atomic E-state index is 12.8. The molecule has 3 N–H and O–H groups in total. The summed E-state index contributed by atoms with van der Waals surface area (Å²) in [5.74, 6) is 0. The Bertz CT molecular complexity index is 566. The molecule has 7 heteroatoms. The van der Waals surface area contributed by atoms with Crippen LogP contribution in [-0.4, -0.2) is 23.3 Å². The minimum atomic E-state index is -4.36. The molecule has 0 radical (unpaired) electrons. The van der Waals surface area contributed by atoms with Crippen molar-refractivity contribution in [2.45, 2.75) is 43.9 Å². The normalized spacial score (nSPS) is 17.1. The Kier molecular flexibility index (Phi) is 4.12. The van der Waals surface area contributed by atoms with E-state index in [0.717, 1.165) is 25.0 Å². The van der Waals surface area contributed by atoms with Gasteiger partial charge in [-0.3, -0.25) is 0 Å². The van der Waals surface area contributed by atoms with Crippen molar-refractivity contribution < 1.29 is 23.1 Å². The number of rotatable bonds is 5. The number of hydrogen-bond acceptors (Lipinski definition) is 2. The topological polar surface area (TPSA) is 61.4 Å². The van der Waals surface area contributed by atoms with E-state index in [0.29, 0.717) is 12.1 Å². The third kappa shape index (κ3) is 3.91. The van der Waals surface area contributed by atoms with Crippen LogP contribution in [0.25, 0.3) is 0 Å². The van der Waals surface area contributed by atoms with Crippen molar-refractivity contribution in [3.63, 3.8) is 0 Å². The molecule has 0 unspecified atom stereocenters. The Labute approximate surface area is 126 Å². The van der Waals surface area contributed by atoms with Gasteiger partial charge < -0.3 is 15.7 Å². The molecule has 1 aliphatic carbocycles. The third-order valence-corrected chi connectivity index (χ3v) is 3.81. The fraction of sp³-hybridized carbons (Fsp3) is 0.533. The summed E-state index contributed by atoms with van der Waals surface area (Å²) in [6.07, 6.45) is -4.03. The van der Waals surface area contributed by atoms with Gasteiger partial charge >= 0.3 is 12.3 Å². The average molecular weight is 316 g/mol. The van der Waals surface area contributed by atoms with Gasteiger partial charge in [0.05, 0.1) is 11.1 Å². The van der Waals surface area contributed by atoms with Gasteiger partial charge in [-0.05, 0) is 44.4 Å². The Morgan fingerprint density at radius 1 is 1.32 bits per heavy atom. The molecule has 0 bridgehead atoms. The molecular formula is C15H19F3N2O2. The fourth-order valence-corrected chi connectivity index (χ4v) is 2.41. The van der Waals surface area contributed by atoms with Gasteiger partial charge in [0.2, 0.25) is 0 Å². The monoisotopic (exact) mass is 316 g/mol. The predicted octanol–water partition coefficient (Wildman–Crippen LogP) is 3.33. The van der Waals surface area contributed by atoms with Crippen LogP contribution in [0, 0.1) is 0 Å². The van der Waals surface area contributed by atoms with Crippen molar-refractivity contribution in [2.75, 3.05) is 6.54 Å². The molecule has 0 aromatic heterocycles. The number of hydrogen-bond donors (Lipinski definition) is 3. The molecule has 4 nitrogen and oxygen atoms in total. The van der Waals surface area contributed by atoms with Crippen molar-refractivity contribution in [1.82, 2.24) is 10.6 Å². The highest BCUT2D eigenvalue weighted by molar-refractivity contribution is 5.65. The first-order valence-electron chi connectivity index (χ1n) is 6.98. The number of halogens is 3. The number of amides is 1. The van der Waals surface area contributed by atoms with Crippen molar-refractivity contribution in [3.05, 3.63) is 35.4 Å². The van der Waals surface area contributed by atoms with Crippen LogP contribution >= 0.6 is 0 Å². The van der Waals surface area contributed by atoms with Gasteiger partial charge in [0.1, 0.15) is 0 Å². The van der Waals surface area contributed by atoms with E-state index in [2.05, 4.69) is 10.6 Å². The van der Waals surface area contributed by atoms with Crippen LogP contribution < -0.4 is 10.6 Å². The number of benzene rings is 1. The van der Waals surface area contributed by atoms with Crippen LogP contribution in [0.4, 0.5) is 18.0 Å². The second kappa shape index (κ2) is 5.46. The minimum absolute atomic E-state index is 0.329. The first-order chi connectivity index (χ1) is 10.0. The summed E-state index contributed by atoms with van der Waals surface area (Å²) in [6, 6.07) is 5.29. The molecule has 0 spiro atoms. The Hall–Kier alpha value is -1.76. The molecule has 1 amide bonds. The number of alkyl halides is 3. The van der Waals surface area contributed by atoms with E-state index in [-0.39, 0.29) is 0 Å². The van der Waals surface area contributed by atoms with Gasteiger partial charge in [0, 0.05) is 12.1 Å². The molecule has 0 heterocycles. The summed E-state index contributed by atoms with van der Waals surface area (Å²) in [4.78, 5) is 10.7. The van der Waals surface area contributed by atoms with Crippen molar-refractivity contribution in [2.24, 2.45) is 0 Å². The van der Waals surface area contributed by atoms with Gasteiger partial charge in [-0.2, -0.15) is 13.2 Å². The predicted molar refractivity (Wildman–Crippen MR) is 75.6 cm³/mol. The van der Waals surface area contributed by atoms with Crippen LogP contribution in [0.15, 0.2) is 24.3 Å². The lowest BCUT2D eigenvalue weighted by molar-refractivity contribution is -0.137. The zero-order valence-electron chi connectivity index (χ0n) is 12.4. The van der Waals surface area contributed by atoms with E-state index < -0.39 is 28.9 Å². The average Bonchev–Trinajstić information content (AvgIpc) is 3.15. The zero-order valence-corrected chi connectivity index (χ0v) is 12.4. The zero-order chi connectivity index (χ0) is 16.6. The molecular weight excluding hydrogens is 297 g/mol. The SMILES string of the molecule is CC(C)(CNC1(c2cccc(C(F)(F)F)c2)CC1)NC(=O)O. The summed E-state index contributed by atoms with van der Waals surface area (Å²) in [7, 11) is 0. The van der Waals surface area contributed by atoms with E-state index in [9.17, 15) is 18.0 Å². The van der Waals surface area contributed by atoms with Gasteiger partial charge in [0.15, 0.2) is 0 Å². The molecule has 0 aliphatic heterocycles. The standard InChI is InChI=1S/C15H19F3N2O2/c1-13(2,20-12(21)22)9-19-14(6-7-14)10-4-3-5-11(8-10)15(16,17)18/h3-5,8,19-20H,6-7,9H2,1-2H3,(H,21,22). The Morgan fingerprint density at radius 2 is 1.95 bits per heavy atom. The molecule has 1 aliphatic rings. The molecule has 1 saturated carbocycles. The summed E-state index contributed by atoms with van der Waals surface area (Å²) in [5.41, 5.74) is -1.27. The second-order valence-electron chi connectivity index (χ2n) is 6.33. The lowest BCUT2D eigenvalue weighted by atomic mass is 9.99. The Balaban J connectivity index is 2.10. The van der Waals surface area contributed by atoms with Gasteiger partial charge in [0.25, 0.3) is 0 Å². The molecule has 122 valence electrons. The fourth-order valence-electron chi connectivity index (χ4n) is 2.41. The quantitative estimate of drug-likeness (QED) is 0.781. The van der Waals surface area contributed by atoms with Crippen molar-refractivity contribution in [1.29, 1.82) is 0 Å². The minimum Gasteiger partial charge on any atom is -0.465 e. The first kappa shape index (κ1) is 16.6.